The molecule has 1 heteroatoms. The van der Waals surface area contributed by atoms with Crippen molar-refractivity contribution in [3.63, 3.8) is 0 Å². The van der Waals surface area contributed by atoms with E-state index >= 15 is 0 Å². The maximum atomic E-state index is 5.67. The van der Waals surface area contributed by atoms with Gasteiger partial charge >= 0.3 is 0 Å². The molecule has 0 saturated heterocycles. The summed E-state index contributed by atoms with van der Waals surface area (Å²) >= 11 is 0. The number of hydrogen-bond acceptors (Lipinski definition) is 1. The Morgan fingerprint density at radius 1 is 0.875 bits per heavy atom. The van der Waals surface area contributed by atoms with Crippen molar-refractivity contribution < 1.29 is 4.74 Å². The average molecular weight is 329 g/mol. The molecular weight excluding hydrogens is 292 g/mol. The van der Waals surface area contributed by atoms with Crippen molar-refractivity contribution in [1.82, 2.24) is 0 Å². The lowest BCUT2D eigenvalue weighted by atomic mass is 9.86. The van der Waals surface area contributed by atoms with E-state index in [9.17, 15) is 0 Å². The van der Waals surface area contributed by atoms with E-state index < -0.39 is 0 Å². The van der Waals surface area contributed by atoms with E-state index in [0.717, 1.165) is 25.0 Å². The SMILES string of the molecule is CCC/C=C(CCC)/C(CCC)=C(/CCC)c1ccccc1OC. The monoisotopic (exact) mass is 328 g/mol. The molecule has 0 radical (unpaired) electrons. The molecular formula is C23H36O. The normalized spacial score (nSPS) is 13.0. The Labute approximate surface area is 149 Å². The summed E-state index contributed by atoms with van der Waals surface area (Å²) in [5, 5.41) is 0. The minimum Gasteiger partial charge on any atom is -0.496 e. The van der Waals surface area contributed by atoms with Crippen LogP contribution in [-0.2, 0) is 0 Å². The van der Waals surface area contributed by atoms with Crippen molar-refractivity contribution in [2.24, 2.45) is 0 Å². The van der Waals surface area contributed by atoms with Crippen molar-refractivity contribution in [2.45, 2.75) is 79.1 Å². The van der Waals surface area contributed by atoms with E-state index in [-0.39, 0.29) is 0 Å². The smallest absolute Gasteiger partial charge is 0.126 e. The summed E-state index contributed by atoms with van der Waals surface area (Å²) in [7, 11) is 1.78. The standard InChI is InChI=1S/C23H36O/c1-6-10-16-19(13-7-2)20(14-8-3)21(15-9-4)22-17-11-12-18-23(22)24-5/h11-12,16-18H,6-10,13-15H2,1-5H3/b19-16+,21-20-. The maximum absolute atomic E-state index is 5.67. The van der Waals surface area contributed by atoms with Gasteiger partial charge in [-0.3, -0.25) is 0 Å². The van der Waals surface area contributed by atoms with Crippen LogP contribution in [0.25, 0.3) is 5.57 Å². The Morgan fingerprint density at radius 2 is 1.54 bits per heavy atom. The zero-order valence-corrected chi connectivity index (χ0v) is 16.5. The molecule has 0 aliphatic rings. The van der Waals surface area contributed by atoms with E-state index in [4.69, 9.17) is 4.74 Å². The van der Waals surface area contributed by atoms with Crippen molar-refractivity contribution in [2.75, 3.05) is 7.11 Å². The Kier molecular flexibility index (Phi) is 10.2. The first-order chi connectivity index (χ1) is 11.7. The first-order valence-electron chi connectivity index (χ1n) is 9.78. The van der Waals surface area contributed by atoms with E-state index in [0.29, 0.717) is 0 Å². The highest BCUT2D eigenvalue weighted by Crippen LogP contribution is 2.37. The zero-order chi connectivity index (χ0) is 17.8. The fourth-order valence-electron chi connectivity index (χ4n) is 3.31. The van der Waals surface area contributed by atoms with Crippen molar-refractivity contribution in [3.05, 3.63) is 47.1 Å². The summed E-state index contributed by atoms with van der Waals surface area (Å²) in [6, 6.07) is 8.50. The highest BCUT2D eigenvalue weighted by Gasteiger charge is 2.15. The van der Waals surface area contributed by atoms with E-state index in [1.807, 2.05) is 0 Å². The molecule has 0 aliphatic carbocycles. The van der Waals surface area contributed by atoms with E-state index in [1.54, 1.807) is 18.3 Å². The van der Waals surface area contributed by atoms with Crippen LogP contribution in [0.5, 0.6) is 5.75 Å². The molecule has 0 aliphatic heterocycles. The number of hydrogen-bond donors (Lipinski definition) is 0. The molecule has 0 N–H and O–H groups in total. The van der Waals surface area contributed by atoms with Gasteiger partial charge in [-0.2, -0.15) is 0 Å². The lowest BCUT2D eigenvalue weighted by molar-refractivity contribution is 0.413. The molecule has 0 bridgehead atoms. The van der Waals surface area contributed by atoms with Crippen molar-refractivity contribution >= 4 is 5.57 Å². The summed E-state index contributed by atoms with van der Waals surface area (Å²) in [6.45, 7) is 9.10. The molecule has 0 heterocycles. The topological polar surface area (TPSA) is 9.23 Å². The van der Waals surface area contributed by atoms with Gasteiger partial charge in [-0.1, -0.05) is 77.7 Å². The third-order valence-corrected chi connectivity index (χ3v) is 4.38. The quantitative estimate of drug-likeness (QED) is 0.380. The van der Waals surface area contributed by atoms with Crippen LogP contribution < -0.4 is 4.74 Å². The predicted molar refractivity (Wildman–Crippen MR) is 108 cm³/mol. The van der Waals surface area contributed by atoms with Crippen LogP contribution in [0.2, 0.25) is 0 Å². The zero-order valence-electron chi connectivity index (χ0n) is 16.5. The second-order valence-corrected chi connectivity index (χ2v) is 6.43. The Bertz CT molecular complexity index is 537. The number of allylic oxidation sites excluding steroid dienone is 4. The first kappa shape index (κ1) is 20.5. The summed E-state index contributed by atoms with van der Waals surface area (Å²) in [6.07, 6.45) is 11.9. The van der Waals surface area contributed by atoms with Crippen LogP contribution in [0.4, 0.5) is 0 Å². The molecule has 0 fully saturated rings. The molecule has 0 saturated carbocycles. The number of para-hydroxylation sites is 1. The van der Waals surface area contributed by atoms with Gasteiger partial charge < -0.3 is 4.74 Å². The summed E-state index contributed by atoms with van der Waals surface area (Å²) in [5.74, 6) is 1.00. The lowest BCUT2D eigenvalue weighted by Crippen LogP contribution is -2.00. The molecule has 0 atom stereocenters. The second kappa shape index (κ2) is 11.9. The molecule has 0 unspecified atom stereocenters. The van der Waals surface area contributed by atoms with Gasteiger partial charge in [0.15, 0.2) is 0 Å². The molecule has 0 spiro atoms. The first-order valence-corrected chi connectivity index (χ1v) is 9.78. The van der Waals surface area contributed by atoms with Gasteiger partial charge in [0.25, 0.3) is 0 Å². The third-order valence-electron chi connectivity index (χ3n) is 4.38. The van der Waals surface area contributed by atoms with Crippen LogP contribution >= 0.6 is 0 Å². The maximum Gasteiger partial charge on any atom is 0.126 e. The van der Waals surface area contributed by atoms with Crippen molar-refractivity contribution in [3.8, 4) is 5.75 Å². The molecule has 1 aromatic carbocycles. The molecule has 0 amide bonds. The van der Waals surface area contributed by atoms with E-state index in [1.165, 1.54) is 43.2 Å². The van der Waals surface area contributed by atoms with Crippen LogP contribution in [0.1, 0.15) is 84.6 Å². The van der Waals surface area contributed by atoms with Gasteiger partial charge in [0.1, 0.15) is 5.75 Å². The summed E-state index contributed by atoms with van der Waals surface area (Å²) < 4.78 is 5.67. The van der Waals surface area contributed by atoms with E-state index in [2.05, 4.69) is 58.0 Å². The van der Waals surface area contributed by atoms with Gasteiger partial charge in [0, 0.05) is 5.56 Å². The van der Waals surface area contributed by atoms with Gasteiger partial charge in [0.2, 0.25) is 0 Å². The Balaban J connectivity index is 3.51. The minimum atomic E-state index is 1.00. The van der Waals surface area contributed by atoms with Crippen LogP contribution in [0.3, 0.4) is 0 Å². The fraction of sp³-hybridized carbons (Fsp3) is 0.565. The van der Waals surface area contributed by atoms with Gasteiger partial charge in [-0.15, -0.1) is 0 Å². The Morgan fingerprint density at radius 3 is 2.12 bits per heavy atom. The second-order valence-electron chi connectivity index (χ2n) is 6.43. The number of methoxy groups -OCH3 is 1. The van der Waals surface area contributed by atoms with Crippen LogP contribution in [0, 0.1) is 0 Å². The van der Waals surface area contributed by atoms with Gasteiger partial charge in [-0.05, 0) is 48.5 Å². The van der Waals surface area contributed by atoms with Gasteiger partial charge in [-0.25, -0.2) is 0 Å². The molecule has 24 heavy (non-hydrogen) atoms. The predicted octanol–water partition coefficient (Wildman–Crippen LogP) is 7.58. The highest BCUT2D eigenvalue weighted by atomic mass is 16.5. The molecule has 1 nitrogen and oxygen atoms in total. The van der Waals surface area contributed by atoms with Crippen molar-refractivity contribution in [1.29, 1.82) is 0 Å². The molecule has 1 aromatic rings. The fourth-order valence-corrected chi connectivity index (χ4v) is 3.31. The van der Waals surface area contributed by atoms with Gasteiger partial charge in [0.05, 0.1) is 7.11 Å². The number of ether oxygens (including phenoxy) is 1. The minimum absolute atomic E-state index is 1.00. The molecule has 0 aromatic heterocycles. The molecule has 134 valence electrons. The number of rotatable bonds is 11. The lowest BCUT2D eigenvalue weighted by Gasteiger charge is -2.20. The average Bonchev–Trinajstić information content (AvgIpc) is 2.62. The van der Waals surface area contributed by atoms with Crippen LogP contribution in [0.15, 0.2) is 41.5 Å². The third kappa shape index (κ3) is 5.85. The highest BCUT2D eigenvalue weighted by molar-refractivity contribution is 5.76. The molecule has 1 rings (SSSR count). The summed E-state index contributed by atoms with van der Waals surface area (Å²) in [5.41, 5.74) is 5.91. The summed E-state index contributed by atoms with van der Waals surface area (Å²) in [4.78, 5) is 0. The number of benzene rings is 1. The largest absolute Gasteiger partial charge is 0.496 e. The Hall–Kier alpha value is -1.50. The van der Waals surface area contributed by atoms with Crippen LogP contribution in [-0.4, -0.2) is 7.11 Å². The number of unbranched alkanes of at least 4 members (excludes halogenated alkanes) is 1.